The number of benzene rings is 1. The molecule has 0 aliphatic heterocycles. The van der Waals surface area contributed by atoms with Crippen molar-refractivity contribution in [3.63, 3.8) is 0 Å². The standard InChI is InChI=1S/C14H10BrClN4/c15-10-4-5-13(18-7-10)20-8-12(17)14(19-20)9-2-1-3-11(16)6-9/h1-8H,17H2. The smallest absolute Gasteiger partial charge is 0.153 e. The molecular weight excluding hydrogens is 340 g/mol. The second kappa shape index (κ2) is 5.26. The van der Waals surface area contributed by atoms with Crippen LogP contribution in [0, 0.1) is 0 Å². The van der Waals surface area contributed by atoms with Crippen LogP contribution in [-0.4, -0.2) is 14.8 Å². The second-order valence-corrected chi connectivity index (χ2v) is 5.57. The monoisotopic (exact) mass is 348 g/mol. The number of aromatic nitrogens is 3. The highest BCUT2D eigenvalue weighted by Crippen LogP contribution is 2.27. The lowest BCUT2D eigenvalue weighted by Crippen LogP contribution is -1.97. The molecule has 0 spiro atoms. The molecule has 100 valence electrons. The van der Waals surface area contributed by atoms with E-state index < -0.39 is 0 Å². The van der Waals surface area contributed by atoms with Gasteiger partial charge in [0.05, 0.1) is 11.9 Å². The van der Waals surface area contributed by atoms with Gasteiger partial charge >= 0.3 is 0 Å². The Bertz CT molecular complexity index is 752. The summed E-state index contributed by atoms with van der Waals surface area (Å²) < 4.78 is 2.56. The molecule has 0 radical (unpaired) electrons. The molecule has 2 N–H and O–H groups in total. The van der Waals surface area contributed by atoms with Crippen molar-refractivity contribution in [2.24, 2.45) is 0 Å². The zero-order valence-electron chi connectivity index (χ0n) is 10.3. The third-order valence-electron chi connectivity index (χ3n) is 2.79. The van der Waals surface area contributed by atoms with Crippen molar-refractivity contribution in [2.75, 3.05) is 5.73 Å². The van der Waals surface area contributed by atoms with Gasteiger partial charge in [-0.3, -0.25) is 0 Å². The van der Waals surface area contributed by atoms with Gasteiger partial charge in [0.2, 0.25) is 0 Å². The lowest BCUT2D eigenvalue weighted by atomic mass is 10.1. The summed E-state index contributed by atoms with van der Waals surface area (Å²) in [5.74, 6) is 0.702. The maximum Gasteiger partial charge on any atom is 0.153 e. The van der Waals surface area contributed by atoms with Crippen LogP contribution in [0.3, 0.4) is 0 Å². The lowest BCUT2D eigenvalue weighted by molar-refractivity contribution is 0.849. The summed E-state index contributed by atoms with van der Waals surface area (Å²) in [7, 11) is 0. The summed E-state index contributed by atoms with van der Waals surface area (Å²) in [6.07, 6.45) is 3.46. The minimum absolute atomic E-state index is 0.581. The SMILES string of the molecule is Nc1cn(-c2ccc(Br)cn2)nc1-c1cccc(Cl)c1. The number of halogens is 2. The van der Waals surface area contributed by atoms with Crippen LogP contribution in [0.5, 0.6) is 0 Å². The Balaban J connectivity index is 2.05. The lowest BCUT2D eigenvalue weighted by Gasteiger charge is -2.00. The molecule has 0 saturated heterocycles. The van der Waals surface area contributed by atoms with Crippen LogP contribution >= 0.6 is 27.5 Å². The fourth-order valence-corrected chi connectivity index (χ4v) is 2.29. The Morgan fingerprint density at radius 3 is 2.75 bits per heavy atom. The van der Waals surface area contributed by atoms with Crippen molar-refractivity contribution in [1.29, 1.82) is 0 Å². The van der Waals surface area contributed by atoms with Gasteiger partial charge < -0.3 is 5.73 Å². The summed E-state index contributed by atoms with van der Waals surface area (Å²) in [5, 5.41) is 5.13. The van der Waals surface area contributed by atoms with Gasteiger partial charge in [0.25, 0.3) is 0 Å². The normalized spacial score (nSPS) is 10.7. The van der Waals surface area contributed by atoms with E-state index in [2.05, 4.69) is 26.0 Å². The third-order valence-corrected chi connectivity index (χ3v) is 3.49. The van der Waals surface area contributed by atoms with Crippen molar-refractivity contribution >= 4 is 33.2 Å². The minimum Gasteiger partial charge on any atom is -0.396 e. The van der Waals surface area contributed by atoms with E-state index in [9.17, 15) is 0 Å². The summed E-state index contributed by atoms with van der Waals surface area (Å²) in [6, 6.07) is 11.2. The van der Waals surface area contributed by atoms with E-state index in [0.717, 1.165) is 10.0 Å². The molecule has 2 aromatic heterocycles. The van der Waals surface area contributed by atoms with Crippen LogP contribution in [0.25, 0.3) is 17.1 Å². The number of pyridine rings is 1. The molecule has 2 heterocycles. The summed E-state index contributed by atoms with van der Waals surface area (Å²) in [6.45, 7) is 0. The first kappa shape index (κ1) is 13.1. The molecule has 1 aromatic carbocycles. The van der Waals surface area contributed by atoms with Crippen molar-refractivity contribution in [2.45, 2.75) is 0 Å². The van der Waals surface area contributed by atoms with Gasteiger partial charge in [-0.1, -0.05) is 23.7 Å². The highest BCUT2D eigenvalue weighted by atomic mass is 79.9. The summed E-state index contributed by atoms with van der Waals surface area (Å²) in [5.41, 5.74) is 8.18. The summed E-state index contributed by atoms with van der Waals surface area (Å²) in [4.78, 5) is 4.29. The quantitative estimate of drug-likeness (QED) is 0.762. The first-order valence-electron chi connectivity index (χ1n) is 5.86. The maximum atomic E-state index is 6.03. The number of hydrogen-bond acceptors (Lipinski definition) is 3. The van der Waals surface area contributed by atoms with Crippen molar-refractivity contribution in [1.82, 2.24) is 14.8 Å². The van der Waals surface area contributed by atoms with E-state index in [1.54, 1.807) is 17.1 Å². The van der Waals surface area contributed by atoms with Gasteiger partial charge in [-0.25, -0.2) is 9.67 Å². The second-order valence-electron chi connectivity index (χ2n) is 4.22. The summed E-state index contributed by atoms with van der Waals surface area (Å²) >= 11 is 9.35. The largest absolute Gasteiger partial charge is 0.396 e. The molecule has 6 heteroatoms. The average molecular weight is 350 g/mol. The van der Waals surface area contributed by atoms with Crippen LogP contribution in [0.15, 0.2) is 53.3 Å². The molecule has 0 saturated carbocycles. The van der Waals surface area contributed by atoms with Crippen LogP contribution in [0.4, 0.5) is 5.69 Å². The van der Waals surface area contributed by atoms with Crippen LogP contribution in [-0.2, 0) is 0 Å². The fourth-order valence-electron chi connectivity index (χ4n) is 1.87. The van der Waals surface area contributed by atoms with E-state index in [-0.39, 0.29) is 0 Å². The number of hydrogen-bond donors (Lipinski definition) is 1. The molecule has 0 amide bonds. The van der Waals surface area contributed by atoms with Crippen LogP contribution in [0.2, 0.25) is 5.02 Å². The number of nitrogen functional groups attached to an aromatic ring is 1. The maximum absolute atomic E-state index is 6.03. The Morgan fingerprint density at radius 1 is 1.20 bits per heavy atom. The molecule has 0 aliphatic carbocycles. The van der Waals surface area contributed by atoms with E-state index in [4.69, 9.17) is 17.3 Å². The Morgan fingerprint density at radius 2 is 2.05 bits per heavy atom. The van der Waals surface area contributed by atoms with Crippen molar-refractivity contribution < 1.29 is 0 Å². The number of nitrogens with two attached hydrogens (primary N) is 1. The Kier molecular flexibility index (Phi) is 3.46. The van der Waals surface area contributed by atoms with Crippen molar-refractivity contribution in [3.05, 3.63) is 58.3 Å². The van der Waals surface area contributed by atoms with Gasteiger partial charge in [-0.2, -0.15) is 5.10 Å². The average Bonchev–Trinajstić information content (AvgIpc) is 2.82. The first-order valence-corrected chi connectivity index (χ1v) is 7.03. The van der Waals surface area contributed by atoms with Crippen LogP contribution < -0.4 is 5.73 Å². The topological polar surface area (TPSA) is 56.7 Å². The van der Waals surface area contributed by atoms with Gasteiger partial charge in [0, 0.05) is 21.3 Å². The Labute approximate surface area is 129 Å². The molecule has 0 atom stereocenters. The van der Waals surface area contributed by atoms with Gasteiger partial charge in [0.1, 0.15) is 5.69 Å². The molecular formula is C14H10BrClN4. The zero-order chi connectivity index (χ0) is 14.1. The van der Waals surface area contributed by atoms with Gasteiger partial charge in [-0.05, 0) is 40.2 Å². The van der Waals surface area contributed by atoms with Gasteiger partial charge in [0.15, 0.2) is 5.82 Å². The molecule has 4 nitrogen and oxygen atoms in total. The number of anilines is 1. The molecule has 20 heavy (non-hydrogen) atoms. The fraction of sp³-hybridized carbons (Fsp3) is 0. The van der Waals surface area contributed by atoms with E-state index in [1.807, 2.05) is 36.4 Å². The van der Waals surface area contributed by atoms with E-state index in [0.29, 0.717) is 22.2 Å². The molecule has 0 bridgehead atoms. The molecule has 3 aromatic rings. The number of nitrogens with zero attached hydrogens (tertiary/aromatic N) is 3. The van der Waals surface area contributed by atoms with E-state index >= 15 is 0 Å². The molecule has 0 unspecified atom stereocenters. The minimum atomic E-state index is 0.581. The molecule has 0 fully saturated rings. The first-order chi connectivity index (χ1) is 9.63. The highest BCUT2D eigenvalue weighted by Gasteiger charge is 2.10. The molecule has 0 aliphatic rings. The highest BCUT2D eigenvalue weighted by molar-refractivity contribution is 9.10. The molecule has 3 rings (SSSR count). The van der Waals surface area contributed by atoms with Crippen LogP contribution in [0.1, 0.15) is 0 Å². The zero-order valence-corrected chi connectivity index (χ0v) is 12.6. The number of rotatable bonds is 2. The van der Waals surface area contributed by atoms with E-state index in [1.165, 1.54) is 0 Å². The predicted molar refractivity (Wildman–Crippen MR) is 83.9 cm³/mol. The Hall–Kier alpha value is -1.85. The third kappa shape index (κ3) is 2.55. The predicted octanol–water partition coefficient (Wildman–Crippen LogP) is 3.93. The van der Waals surface area contributed by atoms with Crippen molar-refractivity contribution in [3.8, 4) is 17.1 Å². The van der Waals surface area contributed by atoms with Gasteiger partial charge in [-0.15, -0.1) is 0 Å².